The SMILES string of the molecule is Cc1nn(C)c(CN(C)C(C)CO)c1Br. The fourth-order valence-electron chi connectivity index (χ4n) is 1.38. The predicted octanol–water partition coefficient (Wildman–Crippen LogP) is 1.30. The second-order valence-corrected chi connectivity index (χ2v) is 4.71. The molecule has 0 spiro atoms. The maximum atomic E-state index is 9.05. The molecule has 0 amide bonds. The summed E-state index contributed by atoms with van der Waals surface area (Å²) in [5, 5.41) is 13.4. The Morgan fingerprint density at radius 1 is 1.60 bits per heavy atom. The maximum Gasteiger partial charge on any atom is 0.0739 e. The van der Waals surface area contributed by atoms with Gasteiger partial charge in [0.25, 0.3) is 0 Å². The topological polar surface area (TPSA) is 41.3 Å². The summed E-state index contributed by atoms with van der Waals surface area (Å²) < 4.78 is 2.93. The molecule has 0 radical (unpaired) electrons. The van der Waals surface area contributed by atoms with Crippen molar-refractivity contribution in [2.75, 3.05) is 13.7 Å². The minimum absolute atomic E-state index is 0.159. The molecule has 1 unspecified atom stereocenters. The minimum Gasteiger partial charge on any atom is -0.395 e. The summed E-state index contributed by atoms with van der Waals surface area (Å²) in [5.41, 5.74) is 2.13. The number of aliphatic hydroxyl groups is 1. The van der Waals surface area contributed by atoms with Gasteiger partial charge in [-0.1, -0.05) is 0 Å². The molecule has 1 atom stereocenters. The van der Waals surface area contributed by atoms with E-state index < -0.39 is 0 Å². The van der Waals surface area contributed by atoms with Gasteiger partial charge in [0.15, 0.2) is 0 Å². The zero-order chi connectivity index (χ0) is 11.6. The molecule has 86 valence electrons. The van der Waals surface area contributed by atoms with Crippen LogP contribution >= 0.6 is 15.9 Å². The minimum atomic E-state index is 0.159. The summed E-state index contributed by atoms with van der Waals surface area (Å²) >= 11 is 3.53. The zero-order valence-electron chi connectivity index (χ0n) is 9.66. The molecule has 0 bridgehead atoms. The van der Waals surface area contributed by atoms with Crippen LogP contribution < -0.4 is 0 Å². The van der Waals surface area contributed by atoms with E-state index in [9.17, 15) is 0 Å². The Labute approximate surface area is 99.0 Å². The number of rotatable bonds is 4. The molecular formula is C10H18BrN3O. The van der Waals surface area contributed by atoms with Crippen LogP contribution in [-0.4, -0.2) is 39.5 Å². The Morgan fingerprint density at radius 2 is 2.20 bits per heavy atom. The van der Waals surface area contributed by atoms with Gasteiger partial charge in [0.1, 0.15) is 0 Å². The second-order valence-electron chi connectivity index (χ2n) is 3.92. The standard InChI is InChI=1S/C10H18BrN3O/c1-7(6-15)13(3)5-9-10(11)8(2)12-14(9)4/h7,15H,5-6H2,1-4H3. The van der Waals surface area contributed by atoms with Crippen LogP contribution in [-0.2, 0) is 13.6 Å². The highest BCUT2D eigenvalue weighted by molar-refractivity contribution is 9.10. The molecule has 1 heterocycles. The molecule has 5 heteroatoms. The lowest BCUT2D eigenvalue weighted by Crippen LogP contribution is -2.32. The first-order valence-corrected chi connectivity index (χ1v) is 5.75. The van der Waals surface area contributed by atoms with Gasteiger partial charge in [-0.15, -0.1) is 0 Å². The first-order chi connectivity index (χ1) is 6.97. The Kier molecular flexibility index (Phi) is 4.31. The highest BCUT2D eigenvalue weighted by Gasteiger charge is 2.15. The van der Waals surface area contributed by atoms with Gasteiger partial charge >= 0.3 is 0 Å². The highest BCUT2D eigenvalue weighted by Crippen LogP contribution is 2.21. The first-order valence-electron chi connectivity index (χ1n) is 4.96. The number of hydrogen-bond acceptors (Lipinski definition) is 3. The molecule has 0 aliphatic carbocycles. The smallest absolute Gasteiger partial charge is 0.0739 e. The monoisotopic (exact) mass is 275 g/mol. The summed E-state index contributed by atoms with van der Waals surface area (Å²) in [4.78, 5) is 2.10. The first kappa shape index (κ1) is 12.7. The van der Waals surface area contributed by atoms with Crippen LogP contribution in [0.25, 0.3) is 0 Å². The largest absolute Gasteiger partial charge is 0.395 e. The summed E-state index contributed by atoms with van der Waals surface area (Å²) in [6, 6.07) is 0.159. The molecule has 15 heavy (non-hydrogen) atoms. The van der Waals surface area contributed by atoms with E-state index in [1.165, 1.54) is 0 Å². The third kappa shape index (κ3) is 2.80. The van der Waals surface area contributed by atoms with E-state index in [0.717, 1.165) is 22.4 Å². The van der Waals surface area contributed by atoms with Crippen molar-refractivity contribution < 1.29 is 5.11 Å². The number of likely N-dealkylation sites (N-methyl/N-ethyl adjacent to an activating group) is 1. The van der Waals surface area contributed by atoms with E-state index in [2.05, 4.69) is 25.9 Å². The van der Waals surface area contributed by atoms with E-state index in [0.29, 0.717) is 0 Å². The van der Waals surface area contributed by atoms with Gasteiger partial charge in [0, 0.05) is 19.6 Å². The quantitative estimate of drug-likeness (QED) is 0.901. The van der Waals surface area contributed by atoms with Crippen LogP contribution in [0.3, 0.4) is 0 Å². The summed E-state index contributed by atoms with van der Waals surface area (Å²) in [7, 11) is 3.93. The van der Waals surface area contributed by atoms with Crippen LogP contribution in [0, 0.1) is 6.92 Å². The van der Waals surface area contributed by atoms with E-state index in [1.54, 1.807) is 0 Å². The van der Waals surface area contributed by atoms with E-state index >= 15 is 0 Å². The van der Waals surface area contributed by atoms with Crippen molar-refractivity contribution in [3.05, 3.63) is 15.9 Å². The van der Waals surface area contributed by atoms with Crippen LogP contribution in [0.15, 0.2) is 4.47 Å². The number of aryl methyl sites for hydroxylation is 2. The van der Waals surface area contributed by atoms with Crippen molar-refractivity contribution in [1.82, 2.24) is 14.7 Å². The van der Waals surface area contributed by atoms with Crippen molar-refractivity contribution in [3.8, 4) is 0 Å². The number of halogens is 1. The fraction of sp³-hybridized carbons (Fsp3) is 0.700. The Hall–Kier alpha value is -0.390. The molecule has 1 rings (SSSR count). The average Bonchev–Trinajstić information content (AvgIpc) is 2.43. The van der Waals surface area contributed by atoms with Gasteiger partial charge in [0.2, 0.25) is 0 Å². The van der Waals surface area contributed by atoms with Gasteiger partial charge < -0.3 is 5.11 Å². The molecule has 4 nitrogen and oxygen atoms in total. The van der Waals surface area contributed by atoms with Crippen molar-refractivity contribution in [2.45, 2.75) is 26.4 Å². The number of aliphatic hydroxyl groups excluding tert-OH is 1. The molecule has 0 saturated carbocycles. The number of hydrogen-bond donors (Lipinski definition) is 1. The molecule has 1 N–H and O–H groups in total. The molecule has 0 aliphatic rings. The van der Waals surface area contributed by atoms with Crippen molar-refractivity contribution in [2.24, 2.45) is 7.05 Å². The van der Waals surface area contributed by atoms with Gasteiger partial charge in [-0.3, -0.25) is 9.58 Å². The lowest BCUT2D eigenvalue weighted by atomic mass is 10.3. The molecule has 0 aromatic carbocycles. The third-order valence-corrected chi connectivity index (χ3v) is 3.71. The van der Waals surface area contributed by atoms with Gasteiger partial charge in [-0.05, 0) is 36.8 Å². The van der Waals surface area contributed by atoms with Crippen LogP contribution in [0.1, 0.15) is 18.3 Å². The molecule has 0 aliphatic heterocycles. The van der Waals surface area contributed by atoms with Gasteiger partial charge in [-0.25, -0.2) is 0 Å². The third-order valence-electron chi connectivity index (χ3n) is 2.68. The molecule has 0 saturated heterocycles. The van der Waals surface area contributed by atoms with E-state index in [-0.39, 0.29) is 12.6 Å². The molecular weight excluding hydrogens is 258 g/mol. The molecule has 0 fully saturated rings. The van der Waals surface area contributed by atoms with E-state index in [1.807, 2.05) is 32.6 Å². The van der Waals surface area contributed by atoms with Crippen molar-refractivity contribution in [1.29, 1.82) is 0 Å². The van der Waals surface area contributed by atoms with E-state index in [4.69, 9.17) is 5.11 Å². The fourth-order valence-corrected chi connectivity index (χ4v) is 1.84. The lowest BCUT2D eigenvalue weighted by Gasteiger charge is -2.22. The zero-order valence-corrected chi connectivity index (χ0v) is 11.2. The summed E-state index contributed by atoms with van der Waals surface area (Å²) in [5.74, 6) is 0. The second kappa shape index (κ2) is 5.09. The highest BCUT2D eigenvalue weighted by atomic mass is 79.9. The normalized spacial score (nSPS) is 13.5. The average molecular weight is 276 g/mol. The molecule has 1 aromatic heterocycles. The summed E-state index contributed by atoms with van der Waals surface area (Å²) in [6.45, 7) is 4.92. The van der Waals surface area contributed by atoms with Crippen LogP contribution in [0.5, 0.6) is 0 Å². The summed E-state index contributed by atoms with van der Waals surface area (Å²) in [6.07, 6.45) is 0. The predicted molar refractivity (Wildman–Crippen MR) is 63.7 cm³/mol. The molecule has 1 aromatic rings. The van der Waals surface area contributed by atoms with Gasteiger partial charge in [-0.2, -0.15) is 5.10 Å². The van der Waals surface area contributed by atoms with Crippen molar-refractivity contribution >= 4 is 15.9 Å². The van der Waals surface area contributed by atoms with Crippen LogP contribution in [0.2, 0.25) is 0 Å². The Bertz CT molecular complexity index is 338. The van der Waals surface area contributed by atoms with Crippen molar-refractivity contribution in [3.63, 3.8) is 0 Å². The Balaban J connectivity index is 2.80. The van der Waals surface area contributed by atoms with Gasteiger partial charge in [0.05, 0.1) is 22.5 Å². The van der Waals surface area contributed by atoms with Crippen LogP contribution in [0.4, 0.5) is 0 Å². The Morgan fingerprint density at radius 3 is 2.60 bits per heavy atom. The maximum absolute atomic E-state index is 9.05. The number of aromatic nitrogens is 2. The number of nitrogens with zero attached hydrogens (tertiary/aromatic N) is 3. The lowest BCUT2D eigenvalue weighted by molar-refractivity contribution is 0.151.